The number of nitrogens with zero attached hydrogens (tertiary/aromatic N) is 3. The van der Waals surface area contributed by atoms with Crippen LogP contribution in [0.2, 0.25) is 15.1 Å². The number of aromatic nitrogens is 3. The molecule has 0 unspecified atom stereocenters. The first-order valence-corrected chi connectivity index (χ1v) is 28.8. The third kappa shape index (κ3) is 8.22. The third-order valence-corrected chi connectivity index (χ3v) is 4.90. The summed E-state index contributed by atoms with van der Waals surface area (Å²) >= 11 is 24.4. The fourth-order valence-corrected chi connectivity index (χ4v) is 3.74. The summed E-state index contributed by atoms with van der Waals surface area (Å²) in [5, 5.41) is 1.36. The van der Waals surface area contributed by atoms with Crippen molar-refractivity contribution in [2.24, 2.45) is 7.05 Å². The molecule has 0 radical (unpaired) electrons. The number of para-hydroxylation sites is 1. The Morgan fingerprint density at radius 2 is 1.27 bits per heavy atom. The van der Waals surface area contributed by atoms with Crippen LogP contribution in [0.3, 0.4) is 0 Å². The van der Waals surface area contributed by atoms with E-state index >= 15 is 0 Å². The van der Waals surface area contributed by atoms with Crippen molar-refractivity contribution in [1.82, 2.24) is 9.36 Å². The predicted molar refractivity (Wildman–Crippen MR) is 138 cm³/mol. The van der Waals surface area contributed by atoms with Gasteiger partial charge in [0.1, 0.15) is 5.69 Å². The maximum atomic E-state index is 6.40. The molecule has 0 bridgehead atoms. The fourth-order valence-electron chi connectivity index (χ4n) is 2.46. The molecule has 166 valence electrons. The minimum atomic E-state index is -5.42. The van der Waals surface area contributed by atoms with Crippen LogP contribution < -0.4 is 4.57 Å². The molecule has 0 aliphatic rings. The number of hydrogen-bond donors (Lipinski definition) is 0. The second-order valence-electron chi connectivity index (χ2n) is 6.02. The number of benzene rings is 2. The molecule has 0 atom stereocenters. The zero-order chi connectivity index (χ0) is 23.1. The number of hydrogen-bond acceptors (Lipinski definition) is 1. The van der Waals surface area contributed by atoms with Gasteiger partial charge in [-0.25, -0.2) is 4.57 Å². The molecule has 0 aliphatic heterocycles. The standard InChI is InChI=1S/C16H13Cl3N3S.6ClH.Sb/c1-10-20(2)16(23)22(21(10)12-6-4-3-5-7-12)15-13(18)8-11(17)9-14(15)19;;;;;;;/h3-9H,1-2H3;6*1H;/q+1;;;;;;;+5/p-6. The Bertz CT molecular complexity index is 1120. The van der Waals surface area contributed by atoms with E-state index < -0.39 is 9.14 Å². The number of halogens is 9. The van der Waals surface area contributed by atoms with Gasteiger partial charge in [0, 0.05) is 11.9 Å². The molecule has 2 aromatic carbocycles. The zero-order valence-electron chi connectivity index (χ0n) is 15.1. The van der Waals surface area contributed by atoms with Crippen molar-refractivity contribution in [3.63, 3.8) is 0 Å². The average molecular weight is 720 g/mol. The van der Waals surface area contributed by atoms with Crippen LogP contribution >= 0.6 is 100.0 Å². The van der Waals surface area contributed by atoms with Crippen LogP contribution in [0.5, 0.6) is 0 Å². The summed E-state index contributed by atoms with van der Waals surface area (Å²) in [4.78, 5) is 0. The van der Waals surface area contributed by atoms with E-state index in [9.17, 15) is 0 Å². The molecule has 0 N–H and O–H groups in total. The molecule has 30 heavy (non-hydrogen) atoms. The molecule has 0 fully saturated rings. The van der Waals surface area contributed by atoms with E-state index in [0.717, 1.165) is 11.5 Å². The molecular formula is C16H13Cl9N3SSb. The van der Waals surface area contributed by atoms with Crippen molar-refractivity contribution in [2.45, 2.75) is 6.92 Å². The van der Waals surface area contributed by atoms with Gasteiger partial charge in [0.15, 0.2) is 5.69 Å². The molecule has 0 spiro atoms. The summed E-state index contributed by atoms with van der Waals surface area (Å²) in [5.41, 5.74) is 1.56. The van der Waals surface area contributed by atoms with Gasteiger partial charge in [-0.1, -0.05) is 57.7 Å². The first-order chi connectivity index (χ1) is 13.4. The molecule has 1 aromatic heterocycles. The first kappa shape index (κ1) is 27.5. The van der Waals surface area contributed by atoms with Gasteiger partial charge in [-0.05, 0) is 36.5 Å². The Balaban J connectivity index is 0.000000396. The van der Waals surface area contributed by atoms with E-state index in [1.807, 2.05) is 58.2 Å². The van der Waals surface area contributed by atoms with Crippen molar-refractivity contribution in [3.8, 4) is 11.4 Å². The van der Waals surface area contributed by atoms with E-state index in [0.29, 0.717) is 25.5 Å². The van der Waals surface area contributed by atoms with E-state index in [1.54, 1.807) is 12.1 Å². The van der Waals surface area contributed by atoms with Crippen molar-refractivity contribution < 1.29 is 4.57 Å². The van der Waals surface area contributed by atoms with Crippen LogP contribution in [0.4, 0.5) is 0 Å². The SMILES string of the molecule is Cc1n(-c2ccccc2)n(-c2c(Cl)cc(Cl)cc2Cl)c(=S)[n+]1C.[Cl][Sb-]([Cl])([Cl])([Cl])([Cl])[Cl]. The molecule has 3 aromatic rings. The zero-order valence-corrected chi connectivity index (χ0v) is 25.3. The summed E-state index contributed by atoms with van der Waals surface area (Å²) in [5.74, 6) is 0.947. The maximum absolute atomic E-state index is 6.40. The van der Waals surface area contributed by atoms with Crippen LogP contribution in [0, 0.1) is 11.7 Å². The number of rotatable bonds is 2. The minimum absolute atomic E-state index is 0.439. The van der Waals surface area contributed by atoms with Gasteiger partial charge in [0.05, 0.1) is 17.1 Å². The van der Waals surface area contributed by atoms with Gasteiger partial charge in [0.2, 0.25) is 5.82 Å². The topological polar surface area (TPSA) is 13.7 Å². The summed E-state index contributed by atoms with van der Waals surface area (Å²) in [6.45, 7) is 1.98. The molecular weight excluding hydrogens is 707 g/mol. The molecule has 1 heterocycles. The summed E-state index contributed by atoms with van der Waals surface area (Å²) in [6, 6.07) is 13.2. The second-order valence-corrected chi connectivity index (χ2v) is 64.5. The molecule has 3 nitrogen and oxygen atoms in total. The van der Waals surface area contributed by atoms with E-state index in [-0.39, 0.29) is 0 Å². The van der Waals surface area contributed by atoms with Crippen LogP contribution in [0.15, 0.2) is 42.5 Å². The molecule has 0 aliphatic carbocycles. The van der Waals surface area contributed by atoms with Gasteiger partial charge >= 0.3 is 66.9 Å². The fraction of sp³-hybridized carbons (Fsp3) is 0.125. The first-order valence-electron chi connectivity index (χ1n) is 7.84. The Morgan fingerprint density at radius 1 is 0.833 bits per heavy atom. The van der Waals surface area contributed by atoms with Gasteiger partial charge in [-0.3, -0.25) is 0 Å². The van der Waals surface area contributed by atoms with Crippen molar-refractivity contribution in [2.75, 3.05) is 0 Å². The van der Waals surface area contributed by atoms with E-state index in [2.05, 4.69) is 0 Å². The van der Waals surface area contributed by atoms with Gasteiger partial charge < -0.3 is 0 Å². The van der Waals surface area contributed by atoms with Crippen LogP contribution in [0.25, 0.3) is 11.4 Å². The summed E-state index contributed by atoms with van der Waals surface area (Å²) in [7, 11) is 26.9. The van der Waals surface area contributed by atoms with Gasteiger partial charge in [-0.15, -0.1) is 4.68 Å². The van der Waals surface area contributed by atoms with E-state index in [4.69, 9.17) is 100.0 Å². The van der Waals surface area contributed by atoms with Crippen LogP contribution in [-0.4, -0.2) is 18.5 Å². The van der Waals surface area contributed by atoms with Crippen molar-refractivity contribution >= 4 is 109 Å². The van der Waals surface area contributed by atoms with Crippen molar-refractivity contribution in [3.05, 3.63) is 68.1 Å². The Morgan fingerprint density at radius 3 is 1.70 bits per heavy atom. The second kappa shape index (κ2) is 9.11. The monoisotopic (exact) mass is 715 g/mol. The quantitative estimate of drug-likeness (QED) is 0.147. The Labute approximate surface area is 214 Å². The van der Waals surface area contributed by atoms with E-state index in [1.165, 1.54) is 0 Å². The Hall–Kier alpha value is 1.23. The molecule has 14 heteroatoms. The van der Waals surface area contributed by atoms with Crippen LogP contribution in [-0.2, 0) is 7.05 Å². The van der Waals surface area contributed by atoms with Gasteiger partial charge in [-0.2, -0.15) is 0 Å². The normalized spacial score (nSPS) is 13.8. The molecule has 0 amide bonds. The van der Waals surface area contributed by atoms with Crippen LogP contribution in [0.1, 0.15) is 5.82 Å². The molecule has 3 rings (SSSR count). The molecule has 0 saturated heterocycles. The summed E-state index contributed by atoms with van der Waals surface area (Å²) in [6.07, 6.45) is 0. The van der Waals surface area contributed by atoms with Gasteiger partial charge in [0.25, 0.3) is 0 Å². The Kier molecular flexibility index (Phi) is 8.35. The molecule has 0 saturated carbocycles. The average Bonchev–Trinajstić information content (AvgIpc) is 2.76. The summed E-state index contributed by atoms with van der Waals surface area (Å²) < 4.78 is 6.28. The predicted octanol–water partition coefficient (Wildman–Crippen LogP) is 8.85. The van der Waals surface area contributed by atoms with Crippen molar-refractivity contribution in [1.29, 1.82) is 0 Å². The third-order valence-electron chi connectivity index (χ3n) is 3.65.